The standard InChI is InChI=1S/C20H19FN8O3/c21-15-4-6-16(7-5-15)23-18-24-19(26-20(25-18)28-8-10-32-11-9-28)27-22-13-14-2-1-3-17(12-14)29(30)31/h1-7,12-13H,8-11H2,(H2,23,24,25,26,27)/b22-13-. The molecule has 2 heterocycles. The van der Waals surface area contributed by atoms with Gasteiger partial charge in [0.2, 0.25) is 17.8 Å². The molecule has 1 aliphatic rings. The van der Waals surface area contributed by atoms with Gasteiger partial charge in [-0.3, -0.25) is 10.1 Å². The topological polar surface area (TPSA) is 131 Å². The van der Waals surface area contributed by atoms with Crippen molar-refractivity contribution in [2.45, 2.75) is 0 Å². The number of nitro benzene ring substituents is 1. The lowest BCUT2D eigenvalue weighted by Crippen LogP contribution is -2.37. The first-order valence-electron chi connectivity index (χ1n) is 9.72. The molecule has 0 radical (unpaired) electrons. The van der Waals surface area contributed by atoms with E-state index in [1.54, 1.807) is 24.3 Å². The number of aromatic nitrogens is 3. The van der Waals surface area contributed by atoms with E-state index in [4.69, 9.17) is 4.74 Å². The Hall–Kier alpha value is -4.19. The first kappa shape index (κ1) is 21.1. The van der Waals surface area contributed by atoms with Gasteiger partial charge in [-0.25, -0.2) is 9.82 Å². The van der Waals surface area contributed by atoms with Crippen LogP contribution in [0.5, 0.6) is 0 Å². The van der Waals surface area contributed by atoms with E-state index in [0.29, 0.717) is 43.5 Å². The minimum atomic E-state index is -0.473. The Morgan fingerprint density at radius 2 is 1.84 bits per heavy atom. The highest BCUT2D eigenvalue weighted by molar-refractivity contribution is 5.81. The second-order valence-electron chi connectivity index (χ2n) is 6.74. The molecule has 164 valence electrons. The van der Waals surface area contributed by atoms with Crippen LogP contribution in [0.4, 0.5) is 33.6 Å². The maximum Gasteiger partial charge on any atom is 0.270 e. The zero-order valence-electron chi connectivity index (χ0n) is 16.8. The summed E-state index contributed by atoms with van der Waals surface area (Å²) in [7, 11) is 0. The molecule has 0 saturated carbocycles. The molecule has 0 atom stereocenters. The molecule has 4 rings (SSSR count). The number of hydrogen-bond donors (Lipinski definition) is 2. The van der Waals surface area contributed by atoms with Crippen molar-refractivity contribution in [3.05, 3.63) is 70.0 Å². The Kier molecular flexibility index (Phi) is 6.41. The Morgan fingerprint density at radius 3 is 2.59 bits per heavy atom. The number of halogens is 1. The van der Waals surface area contributed by atoms with Gasteiger partial charge in [-0.2, -0.15) is 20.1 Å². The predicted octanol–water partition coefficient (Wildman–Crippen LogP) is 2.95. The van der Waals surface area contributed by atoms with Gasteiger partial charge in [0.15, 0.2) is 0 Å². The van der Waals surface area contributed by atoms with Crippen molar-refractivity contribution in [2.75, 3.05) is 41.9 Å². The molecule has 32 heavy (non-hydrogen) atoms. The Balaban J connectivity index is 1.56. The molecule has 0 aliphatic carbocycles. The van der Waals surface area contributed by atoms with Crippen molar-refractivity contribution in [1.29, 1.82) is 0 Å². The zero-order chi connectivity index (χ0) is 22.3. The molecule has 11 nitrogen and oxygen atoms in total. The smallest absolute Gasteiger partial charge is 0.270 e. The van der Waals surface area contributed by atoms with Gasteiger partial charge in [0.05, 0.1) is 24.4 Å². The van der Waals surface area contributed by atoms with Gasteiger partial charge in [0.25, 0.3) is 5.69 Å². The van der Waals surface area contributed by atoms with E-state index in [2.05, 4.69) is 30.8 Å². The number of anilines is 4. The molecule has 2 aromatic carbocycles. The lowest BCUT2D eigenvalue weighted by atomic mass is 10.2. The van der Waals surface area contributed by atoms with Gasteiger partial charge in [0.1, 0.15) is 5.82 Å². The van der Waals surface area contributed by atoms with Crippen LogP contribution in [0.3, 0.4) is 0 Å². The third kappa shape index (κ3) is 5.49. The summed E-state index contributed by atoms with van der Waals surface area (Å²) in [4.78, 5) is 25.6. The van der Waals surface area contributed by atoms with Gasteiger partial charge in [-0.15, -0.1) is 0 Å². The largest absolute Gasteiger partial charge is 0.378 e. The third-order valence-electron chi connectivity index (χ3n) is 4.48. The Bertz CT molecular complexity index is 1120. The molecule has 12 heteroatoms. The second-order valence-corrected chi connectivity index (χ2v) is 6.74. The van der Waals surface area contributed by atoms with Crippen molar-refractivity contribution in [2.24, 2.45) is 5.10 Å². The Labute approximate surface area is 182 Å². The Morgan fingerprint density at radius 1 is 1.09 bits per heavy atom. The first-order valence-corrected chi connectivity index (χ1v) is 9.72. The SMILES string of the molecule is O=[N+]([O-])c1cccc(/C=N\Nc2nc(Nc3ccc(F)cc3)nc(N3CCOCC3)n2)c1. The fourth-order valence-electron chi connectivity index (χ4n) is 2.92. The van der Waals surface area contributed by atoms with Gasteiger partial charge >= 0.3 is 0 Å². The van der Waals surface area contributed by atoms with Crippen molar-refractivity contribution >= 4 is 35.4 Å². The third-order valence-corrected chi connectivity index (χ3v) is 4.48. The summed E-state index contributed by atoms with van der Waals surface area (Å²) in [6.07, 6.45) is 1.43. The molecule has 1 fully saturated rings. The number of nitrogens with zero attached hydrogens (tertiary/aromatic N) is 6. The number of nitro groups is 1. The highest BCUT2D eigenvalue weighted by Crippen LogP contribution is 2.19. The van der Waals surface area contributed by atoms with E-state index in [0.717, 1.165) is 0 Å². The first-order chi connectivity index (χ1) is 15.6. The van der Waals surface area contributed by atoms with Crippen LogP contribution >= 0.6 is 0 Å². The van der Waals surface area contributed by atoms with Crippen LogP contribution in [0, 0.1) is 15.9 Å². The molecule has 1 aliphatic heterocycles. The lowest BCUT2D eigenvalue weighted by molar-refractivity contribution is -0.384. The molecule has 0 unspecified atom stereocenters. The maximum absolute atomic E-state index is 13.2. The van der Waals surface area contributed by atoms with Crippen LogP contribution in [0.2, 0.25) is 0 Å². The van der Waals surface area contributed by atoms with Gasteiger partial charge < -0.3 is 15.0 Å². The van der Waals surface area contributed by atoms with E-state index in [9.17, 15) is 14.5 Å². The van der Waals surface area contributed by atoms with E-state index in [1.165, 1.54) is 30.5 Å². The van der Waals surface area contributed by atoms with Crippen molar-refractivity contribution in [3.63, 3.8) is 0 Å². The summed E-state index contributed by atoms with van der Waals surface area (Å²) in [5.74, 6) is 0.507. The van der Waals surface area contributed by atoms with Crippen LogP contribution in [0.25, 0.3) is 0 Å². The number of rotatable bonds is 7. The summed E-state index contributed by atoms with van der Waals surface area (Å²) in [5.41, 5.74) is 3.85. The number of non-ortho nitro benzene ring substituents is 1. The molecule has 0 amide bonds. The second kappa shape index (κ2) is 9.75. The maximum atomic E-state index is 13.2. The van der Waals surface area contributed by atoms with Crippen LogP contribution in [-0.4, -0.2) is 52.4 Å². The van der Waals surface area contributed by atoms with E-state index in [1.807, 2.05) is 4.90 Å². The fourth-order valence-corrected chi connectivity index (χ4v) is 2.92. The molecule has 0 bridgehead atoms. The molecule has 2 N–H and O–H groups in total. The molecule has 1 saturated heterocycles. The predicted molar refractivity (Wildman–Crippen MR) is 117 cm³/mol. The average molecular weight is 438 g/mol. The molecular weight excluding hydrogens is 419 g/mol. The summed E-state index contributed by atoms with van der Waals surface area (Å²) in [6.45, 7) is 2.35. The monoisotopic (exact) mass is 438 g/mol. The summed E-state index contributed by atoms with van der Waals surface area (Å²) in [5, 5.41) is 18.0. The van der Waals surface area contributed by atoms with Gasteiger partial charge in [-0.1, -0.05) is 12.1 Å². The summed E-state index contributed by atoms with van der Waals surface area (Å²) < 4.78 is 18.6. The molecular formula is C20H19FN8O3. The van der Waals surface area contributed by atoms with E-state index < -0.39 is 4.92 Å². The number of hydrazone groups is 1. The van der Waals surface area contributed by atoms with Crippen LogP contribution in [0.15, 0.2) is 53.6 Å². The van der Waals surface area contributed by atoms with Gasteiger partial charge in [-0.05, 0) is 24.3 Å². The quantitative estimate of drug-likeness (QED) is 0.325. The van der Waals surface area contributed by atoms with E-state index >= 15 is 0 Å². The lowest BCUT2D eigenvalue weighted by Gasteiger charge is -2.27. The number of nitrogens with one attached hydrogen (secondary N) is 2. The summed E-state index contributed by atoms with van der Waals surface area (Å²) >= 11 is 0. The molecule has 3 aromatic rings. The summed E-state index contributed by atoms with van der Waals surface area (Å²) in [6, 6.07) is 11.9. The zero-order valence-corrected chi connectivity index (χ0v) is 16.8. The number of ether oxygens (including phenoxy) is 1. The van der Waals surface area contributed by atoms with Crippen LogP contribution in [0.1, 0.15) is 5.56 Å². The minimum Gasteiger partial charge on any atom is -0.378 e. The van der Waals surface area contributed by atoms with Crippen molar-refractivity contribution in [1.82, 2.24) is 15.0 Å². The molecule has 0 spiro atoms. The van der Waals surface area contributed by atoms with E-state index in [-0.39, 0.29) is 23.4 Å². The van der Waals surface area contributed by atoms with Crippen LogP contribution < -0.4 is 15.6 Å². The normalized spacial score (nSPS) is 13.8. The average Bonchev–Trinajstić information content (AvgIpc) is 2.81. The van der Waals surface area contributed by atoms with Crippen molar-refractivity contribution in [3.8, 4) is 0 Å². The number of morpholine rings is 1. The van der Waals surface area contributed by atoms with Crippen LogP contribution in [-0.2, 0) is 4.74 Å². The number of hydrogen-bond acceptors (Lipinski definition) is 10. The fraction of sp³-hybridized carbons (Fsp3) is 0.200. The van der Waals surface area contributed by atoms with Gasteiger partial charge in [0, 0.05) is 36.5 Å². The number of benzene rings is 2. The minimum absolute atomic E-state index is 0.0329. The molecule has 1 aromatic heterocycles. The highest BCUT2D eigenvalue weighted by atomic mass is 19.1. The highest BCUT2D eigenvalue weighted by Gasteiger charge is 2.17. The van der Waals surface area contributed by atoms with Crippen molar-refractivity contribution < 1.29 is 14.1 Å².